The van der Waals surface area contributed by atoms with E-state index in [1.165, 1.54) is 12.3 Å². The number of aromatic carboxylic acids is 1. The van der Waals surface area contributed by atoms with Gasteiger partial charge in [0, 0.05) is 6.20 Å². The Morgan fingerprint density at radius 1 is 1.47 bits per heavy atom. The maximum Gasteiger partial charge on any atom is 0.337 e. The van der Waals surface area contributed by atoms with Gasteiger partial charge in [-0.25, -0.2) is 9.78 Å². The second-order valence-corrected chi connectivity index (χ2v) is 3.62. The molecule has 0 fully saturated rings. The highest BCUT2D eigenvalue weighted by molar-refractivity contribution is 5.87. The maximum absolute atomic E-state index is 10.6. The van der Waals surface area contributed by atoms with Crippen molar-refractivity contribution < 1.29 is 14.3 Å². The average molecular weight is 232 g/mol. The monoisotopic (exact) mass is 232 g/mol. The van der Waals surface area contributed by atoms with Crippen LogP contribution < -0.4 is 5.32 Å². The molecule has 88 valence electrons. The SMILES string of the molecule is CC(Nc1ccc(C(=O)O)cn1)c1ccco1. The highest BCUT2D eigenvalue weighted by Crippen LogP contribution is 2.17. The zero-order valence-electron chi connectivity index (χ0n) is 9.25. The van der Waals surface area contributed by atoms with Crippen molar-refractivity contribution in [3.63, 3.8) is 0 Å². The summed E-state index contributed by atoms with van der Waals surface area (Å²) in [6, 6.07) is 6.79. The van der Waals surface area contributed by atoms with E-state index in [0.717, 1.165) is 5.76 Å². The zero-order valence-corrected chi connectivity index (χ0v) is 9.25. The maximum atomic E-state index is 10.6. The van der Waals surface area contributed by atoms with Crippen molar-refractivity contribution in [1.29, 1.82) is 0 Å². The third-order valence-electron chi connectivity index (χ3n) is 2.34. The highest BCUT2D eigenvalue weighted by atomic mass is 16.4. The Bertz CT molecular complexity index is 491. The van der Waals surface area contributed by atoms with Gasteiger partial charge in [-0.3, -0.25) is 0 Å². The fraction of sp³-hybridized carbons (Fsp3) is 0.167. The van der Waals surface area contributed by atoms with Crippen molar-refractivity contribution in [3.8, 4) is 0 Å². The molecule has 0 aliphatic heterocycles. The topological polar surface area (TPSA) is 75.4 Å². The van der Waals surface area contributed by atoms with Crippen molar-refractivity contribution in [3.05, 3.63) is 48.0 Å². The summed E-state index contributed by atoms with van der Waals surface area (Å²) in [5.74, 6) is 0.427. The van der Waals surface area contributed by atoms with Gasteiger partial charge >= 0.3 is 5.97 Å². The van der Waals surface area contributed by atoms with E-state index >= 15 is 0 Å². The van der Waals surface area contributed by atoms with E-state index in [9.17, 15) is 4.79 Å². The number of pyridine rings is 1. The quantitative estimate of drug-likeness (QED) is 0.847. The van der Waals surface area contributed by atoms with E-state index in [0.29, 0.717) is 5.82 Å². The summed E-state index contributed by atoms with van der Waals surface area (Å²) < 4.78 is 5.25. The molecule has 5 heteroatoms. The molecule has 2 N–H and O–H groups in total. The first-order chi connectivity index (χ1) is 8.16. The van der Waals surface area contributed by atoms with Crippen LogP contribution in [0.4, 0.5) is 5.82 Å². The molecular weight excluding hydrogens is 220 g/mol. The standard InChI is InChI=1S/C12H12N2O3/c1-8(10-3-2-6-17-10)14-11-5-4-9(7-13-11)12(15)16/h2-8H,1H3,(H,13,14)(H,15,16). The van der Waals surface area contributed by atoms with Gasteiger partial charge in [0.25, 0.3) is 0 Å². The van der Waals surface area contributed by atoms with Gasteiger partial charge in [0.2, 0.25) is 0 Å². The molecule has 0 bridgehead atoms. The van der Waals surface area contributed by atoms with Crippen LogP contribution in [0, 0.1) is 0 Å². The van der Waals surface area contributed by atoms with Crippen LogP contribution >= 0.6 is 0 Å². The first-order valence-corrected chi connectivity index (χ1v) is 5.16. The van der Waals surface area contributed by atoms with Crippen LogP contribution in [0.3, 0.4) is 0 Å². The van der Waals surface area contributed by atoms with Gasteiger partial charge in [-0.2, -0.15) is 0 Å². The smallest absolute Gasteiger partial charge is 0.337 e. The molecule has 1 atom stereocenters. The van der Waals surface area contributed by atoms with Crippen molar-refractivity contribution in [2.24, 2.45) is 0 Å². The van der Waals surface area contributed by atoms with Gasteiger partial charge < -0.3 is 14.8 Å². The second-order valence-electron chi connectivity index (χ2n) is 3.62. The molecule has 2 rings (SSSR count). The molecular formula is C12H12N2O3. The Kier molecular flexibility index (Phi) is 3.09. The number of hydrogen-bond donors (Lipinski definition) is 2. The number of rotatable bonds is 4. The third kappa shape index (κ3) is 2.63. The minimum Gasteiger partial charge on any atom is -0.478 e. The van der Waals surface area contributed by atoms with Crippen LogP contribution in [0.1, 0.15) is 29.1 Å². The van der Waals surface area contributed by atoms with Crippen LogP contribution in [-0.4, -0.2) is 16.1 Å². The molecule has 17 heavy (non-hydrogen) atoms. The highest BCUT2D eigenvalue weighted by Gasteiger charge is 2.09. The molecule has 2 aromatic heterocycles. The van der Waals surface area contributed by atoms with Crippen LogP contribution in [0.2, 0.25) is 0 Å². The summed E-state index contributed by atoms with van der Waals surface area (Å²) in [5.41, 5.74) is 0.168. The number of carbonyl (C=O) groups is 1. The Balaban J connectivity index is 2.06. The normalized spacial score (nSPS) is 12.1. The van der Waals surface area contributed by atoms with E-state index in [4.69, 9.17) is 9.52 Å². The number of anilines is 1. The van der Waals surface area contributed by atoms with Crippen LogP contribution in [-0.2, 0) is 0 Å². The Hall–Kier alpha value is -2.30. The fourth-order valence-electron chi connectivity index (χ4n) is 1.44. The van der Waals surface area contributed by atoms with Crippen molar-refractivity contribution >= 4 is 11.8 Å². The minimum absolute atomic E-state index is 0.0202. The molecule has 1 unspecified atom stereocenters. The molecule has 0 aliphatic carbocycles. The molecule has 0 spiro atoms. The van der Waals surface area contributed by atoms with Crippen LogP contribution in [0.25, 0.3) is 0 Å². The summed E-state index contributed by atoms with van der Waals surface area (Å²) in [7, 11) is 0. The Morgan fingerprint density at radius 3 is 2.82 bits per heavy atom. The molecule has 0 saturated carbocycles. The summed E-state index contributed by atoms with van der Waals surface area (Å²) in [6.45, 7) is 1.94. The van der Waals surface area contributed by atoms with Gasteiger partial charge in [0.05, 0.1) is 17.9 Å². The van der Waals surface area contributed by atoms with Gasteiger partial charge in [-0.15, -0.1) is 0 Å². The number of nitrogens with one attached hydrogen (secondary N) is 1. The molecule has 0 radical (unpaired) electrons. The van der Waals surface area contributed by atoms with E-state index in [1.807, 2.05) is 19.1 Å². The Labute approximate surface area is 98.1 Å². The predicted octanol–water partition coefficient (Wildman–Crippen LogP) is 2.55. The fourth-order valence-corrected chi connectivity index (χ4v) is 1.44. The van der Waals surface area contributed by atoms with E-state index in [2.05, 4.69) is 10.3 Å². The summed E-state index contributed by atoms with van der Waals surface area (Å²) in [6.07, 6.45) is 2.92. The van der Waals surface area contributed by atoms with Gasteiger partial charge in [-0.1, -0.05) is 0 Å². The van der Waals surface area contributed by atoms with Gasteiger partial charge in [-0.05, 0) is 31.2 Å². The first kappa shape index (κ1) is 11.2. The first-order valence-electron chi connectivity index (χ1n) is 5.16. The molecule has 0 saturated heterocycles. The van der Waals surface area contributed by atoms with Crippen molar-refractivity contribution in [2.45, 2.75) is 13.0 Å². The van der Waals surface area contributed by atoms with E-state index < -0.39 is 5.97 Å². The van der Waals surface area contributed by atoms with Gasteiger partial charge in [0.15, 0.2) is 0 Å². The van der Waals surface area contributed by atoms with Crippen LogP contribution in [0.5, 0.6) is 0 Å². The molecule has 0 amide bonds. The lowest BCUT2D eigenvalue weighted by atomic mass is 10.2. The number of carboxylic acids is 1. The van der Waals surface area contributed by atoms with E-state index in [1.54, 1.807) is 12.3 Å². The zero-order chi connectivity index (χ0) is 12.3. The lowest BCUT2D eigenvalue weighted by Gasteiger charge is -2.11. The number of hydrogen-bond acceptors (Lipinski definition) is 4. The molecule has 2 aromatic rings. The van der Waals surface area contributed by atoms with Crippen LogP contribution in [0.15, 0.2) is 41.1 Å². The number of furan rings is 1. The molecule has 5 nitrogen and oxygen atoms in total. The number of aromatic nitrogens is 1. The minimum atomic E-state index is -0.983. The van der Waals surface area contributed by atoms with Crippen molar-refractivity contribution in [1.82, 2.24) is 4.98 Å². The third-order valence-corrected chi connectivity index (χ3v) is 2.34. The summed E-state index contributed by atoms with van der Waals surface area (Å²) >= 11 is 0. The Morgan fingerprint density at radius 2 is 2.29 bits per heavy atom. The lowest BCUT2D eigenvalue weighted by Crippen LogP contribution is -2.07. The molecule has 2 heterocycles. The molecule has 0 aliphatic rings. The average Bonchev–Trinajstić information content (AvgIpc) is 2.83. The van der Waals surface area contributed by atoms with E-state index in [-0.39, 0.29) is 11.6 Å². The number of carboxylic acid groups (broad SMARTS) is 1. The largest absolute Gasteiger partial charge is 0.478 e. The molecule has 0 aromatic carbocycles. The van der Waals surface area contributed by atoms with Gasteiger partial charge in [0.1, 0.15) is 11.6 Å². The summed E-state index contributed by atoms with van der Waals surface area (Å²) in [5, 5.41) is 11.8. The second kappa shape index (κ2) is 4.69. The number of nitrogens with zero attached hydrogens (tertiary/aromatic N) is 1. The predicted molar refractivity (Wildman–Crippen MR) is 61.9 cm³/mol. The summed E-state index contributed by atoms with van der Waals surface area (Å²) in [4.78, 5) is 14.7. The van der Waals surface area contributed by atoms with Crippen molar-refractivity contribution in [2.75, 3.05) is 5.32 Å². The lowest BCUT2D eigenvalue weighted by molar-refractivity contribution is 0.0696.